The number of ether oxygens (including phenoxy) is 3. The number of hydrogen-bond acceptors (Lipinski definition) is 8. The molecule has 0 aliphatic carbocycles. The number of pyridine rings is 1. The summed E-state index contributed by atoms with van der Waals surface area (Å²) in [6.07, 6.45) is 1.15. The van der Waals surface area contributed by atoms with Crippen LogP contribution in [-0.2, 0) is 14.2 Å². The number of carbonyl (C=O) groups excluding carboxylic acids is 1. The molecule has 0 radical (unpaired) electrons. The van der Waals surface area contributed by atoms with E-state index in [9.17, 15) is 14.9 Å². The molecule has 1 atom stereocenters. The van der Waals surface area contributed by atoms with E-state index in [0.717, 1.165) is 0 Å². The molecule has 0 unspecified atom stereocenters. The number of methoxy groups -OCH3 is 2. The Labute approximate surface area is 126 Å². The Bertz CT molecular complexity index is 563. The van der Waals surface area contributed by atoms with Crippen molar-refractivity contribution < 1.29 is 23.9 Å². The summed E-state index contributed by atoms with van der Waals surface area (Å²) in [6, 6.07) is 1.28. The largest absolute Gasteiger partial charge is 0.465 e. The highest BCUT2D eigenvalue weighted by molar-refractivity contribution is 5.96. The van der Waals surface area contributed by atoms with Crippen molar-refractivity contribution >= 4 is 17.5 Å². The van der Waals surface area contributed by atoms with Crippen LogP contribution < -0.4 is 4.90 Å². The molecular formula is C13H17N3O6. The number of morpholine rings is 1. The van der Waals surface area contributed by atoms with Crippen molar-refractivity contribution in [2.75, 3.05) is 45.4 Å². The Hall–Kier alpha value is -2.26. The van der Waals surface area contributed by atoms with Crippen molar-refractivity contribution in [3.8, 4) is 0 Å². The maximum Gasteiger partial charge on any atom is 0.345 e. The van der Waals surface area contributed by atoms with E-state index in [1.54, 1.807) is 12.0 Å². The zero-order chi connectivity index (χ0) is 16.1. The molecule has 0 amide bonds. The topological polar surface area (TPSA) is 104 Å². The van der Waals surface area contributed by atoms with Crippen LogP contribution in [0.5, 0.6) is 0 Å². The van der Waals surface area contributed by atoms with E-state index in [4.69, 9.17) is 9.47 Å². The molecule has 22 heavy (non-hydrogen) atoms. The maximum absolute atomic E-state index is 11.7. The lowest BCUT2D eigenvalue weighted by atomic mass is 10.2. The molecule has 0 spiro atoms. The fourth-order valence-electron chi connectivity index (χ4n) is 2.33. The smallest absolute Gasteiger partial charge is 0.345 e. The molecular weight excluding hydrogens is 294 g/mol. The summed E-state index contributed by atoms with van der Waals surface area (Å²) in [6.45, 7) is 1.61. The standard InChI is InChI=1S/C13H17N3O6/c1-20-8-9-7-15(5-6-22-9)12-11(16(18)19)10(3-4-14-12)13(17)21-2/h3-4,9H,5-8H2,1-2H3/t9-/m1/s1. The average molecular weight is 311 g/mol. The Morgan fingerprint density at radius 2 is 2.36 bits per heavy atom. The van der Waals surface area contributed by atoms with Crippen molar-refractivity contribution in [1.82, 2.24) is 4.98 Å². The van der Waals surface area contributed by atoms with Gasteiger partial charge in [0.05, 0.1) is 31.4 Å². The molecule has 9 heteroatoms. The summed E-state index contributed by atoms with van der Waals surface area (Å²) >= 11 is 0. The van der Waals surface area contributed by atoms with Gasteiger partial charge in [-0.25, -0.2) is 9.78 Å². The van der Waals surface area contributed by atoms with Gasteiger partial charge >= 0.3 is 11.7 Å². The van der Waals surface area contributed by atoms with Crippen LogP contribution >= 0.6 is 0 Å². The van der Waals surface area contributed by atoms with Gasteiger partial charge < -0.3 is 19.1 Å². The lowest BCUT2D eigenvalue weighted by Crippen LogP contribution is -2.45. The Morgan fingerprint density at radius 1 is 1.59 bits per heavy atom. The number of hydrogen-bond donors (Lipinski definition) is 0. The van der Waals surface area contributed by atoms with E-state index in [1.807, 2.05) is 0 Å². The monoisotopic (exact) mass is 311 g/mol. The van der Waals surface area contributed by atoms with E-state index in [1.165, 1.54) is 19.4 Å². The quantitative estimate of drug-likeness (QED) is 0.443. The fourth-order valence-corrected chi connectivity index (χ4v) is 2.33. The third-order valence-corrected chi connectivity index (χ3v) is 3.28. The Morgan fingerprint density at radius 3 is 3.00 bits per heavy atom. The van der Waals surface area contributed by atoms with Gasteiger partial charge in [-0.1, -0.05) is 0 Å². The van der Waals surface area contributed by atoms with Gasteiger partial charge in [-0.15, -0.1) is 0 Å². The zero-order valence-corrected chi connectivity index (χ0v) is 12.4. The van der Waals surface area contributed by atoms with Gasteiger partial charge in [-0.2, -0.15) is 0 Å². The van der Waals surface area contributed by atoms with Crippen molar-refractivity contribution in [3.63, 3.8) is 0 Å². The van der Waals surface area contributed by atoms with Crippen LogP contribution in [0.3, 0.4) is 0 Å². The molecule has 0 bridgehead atoms. The van der Waals surface area contributed by atoms with Gasteiger partial charge in [-0.3, -0.25) is 10.1 Å². The normalized spacial score (nSPS) is 18.1. The summed E-state index contributed by atoms with van der Waals surface area (Å²) in [4.78, 5) is 28.3. The summed E-state index contributed by atoms with van der Waals surface area (Å²) in [5, 5.41) is 11.4. The molecule has 2 heterocycles. The van der Waals surface area contributed by atoms with E-state index in [0.29, 0.717) is 26.3 Å². The predicted molar refractivity (Wildman–Crippen MR) is 76.1 cm³/mol. The average Bonchev–Trinajstić information content (AvgIpc) is 2.54. The number of rotatable bonds is 5. The number of esters is 1. The Balaban J connectivity index is 2.37. The zero-order valence-electron chi connectivity index (χ0n) is 12.4. The van der Waals surface area contributed by atoms with Gasteiger partial charge in [-0.05, 0) is 6.07 Å². The van der Waals surface area contributed by atoms with Crippen LogP contribution in [0.25, 0.3) is 0 Å². The molecule has 0 aromatic carbocycles. The van der Waals surface area contributed by atoms with E-state index < -0.39 is 10.9 Å². The molecule has 1 aromatic rings. The third-order valence-electron chi connectivity index (χ3n) is 3.28. The highest BCUT2D eigenvalue weighted by Crippen LogP contribution is 2.31. The predicted octanol–water partition coefficient (Wildman–Crippen LogP) is 0.628. The highest BCUT2D eigenvalue weighted by Gasteiger charge is 2.32. The first-order valence-corrected chi connectivity index (χ1v) is 6.65. The van der Waals surface area contributed by atoms with Crippen molar-refractivity contribution in [2.45, 2.75) is 6.10 Å². The van der Waals surface area contributed by atoms with E-state index in [2.05, 4.69) is 9.72 Å². The lowest BCUT2D eigenvalue weighted by Gasteiger charge is -2.33. The Kier molecular flexibility index (Phi) is 5.23. The maximum atomic E-state index is 11.7. The second-order valence-electron chi connectivity index (χ2n) is 4.67. The van der Waals surface area contributed by atoms with Crippen LogP contribution in [0.15, 0.2) is 12.3 Å². The summed E-state index contributed by atoms with van der Waals surface area (Å²) in [5.41, 5.74) is -0.472. The van der Waals surface area contributed by atoms with E-state index in [-0.39, 0.29) is 23.2 Å². The van der Waals surface area contributed by atoms with Crippen molar-refractivity contribution in [1.29, 1.82) is 0 Å². The van der Waals surface area contributed by atoms with Crippen LogP contribution in [0, 0.1) is 10.1 Å². The summed E-state index contributed by atoms with van der Waals surface area (Å²) in [5.74, 6) is -0.630. The lowest BCUT2D eigenvalue weighted by molar-refractivity contribution is -0.384. The molecule has 1 aromatic heterocycles. The number of nitro groups is 1. The third kappa shape index (κ3) is 3.31. The first kappa shape index (κ1) is 16.1. The van der Waals surface area contributed by atoms with Gasteiger partial charge in [0, 0.05) is 26.4 Å². The molecule has 1 aliphatic heterocycles. The molecule has 1 saturated heterocycles. The molecule has 0 saturated carbocycles. The van der Waals surface area contributed by atoms with Crippen LogP contribution in [0.1, 0.15) is 10.4 Å². The minimum atomic E-state index is -0.767. The minimum Gasteiger partial charge on any atom is -0.465 e. The number of aromatic nitrogens is 1. The van der Waals surface area contributed by atoms with Crippen LogP contribution in [0.4, 0.5) is 11.5 Å². The molecule has 9 nitrogen and oxygen atoms in total. The van der Waals surface area contributed by atoms with Gasteiger partial charge in [0.15, 0.2) is 0 Å². The number of anilines is 1. The first-order valence-electron chi connectivity index (χ1n) is 6.65. The van der Waals surface area contributed by atoms with Crippen LogP contribution in [-0.4, -0.2) is 62.5 Å². The summed E-state index contributed by atoms with van der Waals surface area (Å²) in [7, 11) is 2.73. The summed E-state index contributed by atoms with van der Waals surface area (Å²) < 4.78 is 15.2. The minimum absolute atomic E-state index is 0.118. The fraction of sp³-hybridized carbons (Fsp3) is 0.538. The molecule has 1 aliphatic rings. The van der Waals surface area contributed by atoms with Crippen molar-refractivity contribution in [3.05, 3.63) is 27.9 Å². The highest BCUT2D eigenvalue weighted by atomic mass is 16.6. The van der Waals surface area contributed by atoms with Crippen LogP contribution in [0.2, 0.25) is 0 Å². The van der Waals surface area contributed by atoms with E-state index >= 15 is 0 Å². The first-order chi connectivity index (χ1) is 10.6. The molecule has 0 N–H and O–H groups in total. The molecule has 120 valence electrons. The van der Waals surface area contributed by atoms with Gasteiger partial charge in [0.1, 0.15) is 5.56 Å². The number of carbonyl (C=O) groups is 1. The van der Waals surface area contributed by atoms with Gasteiger partial charge in [0.25, 0.3) is 0 Å². The second kappa shape index (κ2) is 7.14. The van der Waals surface area contributed by atoms with Crippen molar-refractivity contribution in [2.24, 2.45) is 0 Å². The molecule has 2 rings (SSSR count). The SMILES string of the molecule is COC[C@H]1CN(c2nccc(C(=O)OC)c2[N+](=O)[O-])CCO1. The second-order valence-corrected chi connectivity index (χ2v) is 4.67. The number of nitrogens with zero attached hydrogens (tertiary/aromatic N) is 3. The molecule has 1 fully saturated rings. The van der Waals surface area contributed by atoms with Gasteiger partial charge in [0.2, 0.25) is 5.82 Å².